The minimum atomic E-state index is -1.08. The Morgan fingerprint density at radius 3 is 2.53 bits per heavy atom. The van der Waals surface area contributed by atoms with E-state index >= 15 is 0 Å². The molecule has 17 heavy (non-hydrogen) atoms. The average Bonchev–Trinajstić information content (AvgIpc) is 2.54. The molecule has 0 spiro atoms. The number of hydrogen-bond acceptors (Lipinski definition) is 5. The maximum atomic E-state index is 11.6. The Hall–Kier alpha value is -1.50. The lowest BCUT2D eigenvalue weighted by Crippen LogP contribution is -2.31. The summed E-state index contributed by atoms with van der Waals surface area (Å²) in [6.45, 7) is 4.53. The Morgan fingerprint density at radius 2 is 2.12 bits per heavy atom. The third-order valence-electron chi connectivity index (χ3n) is 2.06. The van der Waals surface area contributed by atoms with E-state index in [4.69, 9.17) is 9.63 Å². The molecule has 6 nitrogen and oxygen atoms in total. The van der Waals surface area contributed by atoms with Crippen LogP contribution in [0.1, 0.15) is 24.4 Å². The summed E-state index contributed by atoms with van der Waals surface area (Å²) >= 11 is 0.939. The van der Waals surface area contributed by atoms with Crippen molar-refractivity contribution < 1.29 is 19.2 Å². The zero-order valence-corrected chi connectivity index (χ0v) is 10.5. The van der Waals surface area contributed by atoms with Gasteiger partial charge in [0.05, 0.1) is 5.75 Å². The fourth-order valence-corrected chi connectivity index (χ4v) is 1.71. The molecule has 1 heterocycles. The number of nitrogens with zero attached hydrogens (tertiary/aromatic N) is 1. The lowest BCUT2D eigenvalue weighted by molar-refractivity contribution is -0.138. The number of carbonyl (C=O) groups is 2. The van der Waals surface area contributed by atoms with Gasteiger partial charge in [-0.3, -0.25) is 14.4 Å². The van der Waals surface area contributed by atoms with Crippen LogP contribution in [-0.4, -0.2) is 32.2 Å². The van der Waals surface area contributed by atoms with E-state index in [-0.39, 0.29) is 5.75 Å². The van der Waals surface area contributed by atoms with Gasteiger partial charge in [-0.25, -0.2) is 0 Å². The summed E-state index contributed by atoms with van der Waals surface area (Å²) in [6.07, 6.45) is 0. The van der Waals surface area contributed by atoms with Gasteiger partial charge >= 0.3 is 5.97 Å². The minimum absolute atomic E-state index is 0.133. The molecular weight excluding hydrogens is 246 g/mol. The highest BCUT2D eigenvalue weighted by Crippen LogP contribution is 2.24. The van der Waals surface area contributed by atoms with Crippen molar-refractivity contribution in [2.75, 3.05) is 5.75 Å². The Morgan fingerprint density at radius 1 is 1.53 bits per heavy atom. The normalized spacial score (nSPS) is 11.5. The number of aryl methyl sites for hydroxylation is 1. The summed E-state index contributed by atoms with van der Waals surface area (Å²) in [5, 5.41) is 8.86. The van der Waals surface area contributed by atoms with Gasteiger partial charge in [-0.1, -0.05) is 0 Å². The second-order valence-corrected chi connectivity index (χ2v) is 5.57. The Labute approximate surface area is 102 Å². The van der Waals surface area contributed by atoms with E-state index in [1.165, 1.54) is 19.9 Å². The number of thioether (sulfide) groups is 1. The third kappa shape index (κ3) is 3.23. The fraction of sp³-hybridized carbons (Fsp3) is 0.500. The van der Waals surface area contributed by atoms with E-state index < -0.39 is 22.2 Å². The molecule has 0 saturated carbocycles. The van der Waals surface area contributed by atoms with Gasteiger partial charge in [0, 0.05) is 6.07 Å². The molecule has 0 bridgehead atoms. The topological polar surface area (TPSA) is 89.5 Å². The zero-order chi connectivity index (χ0) is 13.2. The molecule has 0 aliphatic carbocycles. The highest BCUT2D eigenvalue weighted by molar-refractivity contribution is 8.01. The van der Waals surface area contributed by atoms with Gasteiger partial charge in [-0.2, -0.15) is 0 Å². The van der Waals surface area contributed by atoms with Crippen LogP contribution in [0.25, 0.3) is 0 Å². The molecule has 0 atom stereocenters. The predicted molar refractivity (Wildman–Crippen MR) is 62.5 cm³/mol. The summed E-state index contributed by atoms with van der Waals surface area (Å²) in [6, 6.07) is 1.20. The van der Waals surface area contributed by atoms with Gasteiger partial charge < -0.3 is 9.63 Å². The lowest BCUT2D eigenvalue weighted by Gasteiger charge is -2.17. The second kappa shape index (κ2) is 4.79. The molecular formula is C10H13NO5S. The minimum Gasteiger partial charge on any atom is -0.480 e. The first kappa shape index (κ1) is 13.6. The highest BCUT2D eigenvalue weighted by Gasteiger charge is 2.29. The molecule has 0 aromatic carbocycles. The van der Waals surface area contributed by atoms with Crippen LogP contribution in [0.3, 0.4) is 0 Å². The molecule has 0 unspecified atom stereocenters. The van der Waals surface area contributed by atoms with E-state index in [0.717, 1.165) is 11.8 Å². The van der Waals surface area contributed by atoms with Crippen molar-refractivity contribution in [2.45, 2.75) is 25.5 Å². The molecule has 1 aromatic rings. The van der Waals surface area contributed by atoms with E-state index in [1.807, 2.05) is 0 Å². The van der Waals surface area contributed by atoms with E-state index in [9.17, 15) is 14.4 Å². The van der Waals surface area contributed by atoms with Crippen LogP contribution in [0, 0.1) is 6.92 Å². The quantitative estimate of drug-likeness (QED) is 0.867. The van der Waals surface area contributed by atoms with Gasteiger partial charge in [0.25, 0.3) is 11.5 Å². The molecule has 0 radical (unpaired) electrons. The van der Waals surface area contributed by atoms with Crippen LogP contribution in [-0.2, 0) is 4.79 Å². The Kier molecular flexibility index (Phi) is 3.82. The predicted octanol–water partition coefficient (Wildman–Crippen LogP) is 0.986. The van der Waals surface area contributed by atoms with Gasteiger partial charge in [0.1, 0.15) is 10.5 Å². The van der Waals surface area contributed by atoms with E-state index in [0.29, 0.717) is 10.5 Å². The Balaban J connectivity index is 2.72. The number of carboxylic acid groups (broad SMARTS) is 1. The maximum Gasteiger partial charge on any atom is 0.319 e. The SMILES string of the molecule is Cc1cc(=O)n(C(=O)CSC(C)(C)C(=O)O)o1. The molecule has 0 fully saturated rings. The number of carbonyl (C=O) groups excluding carboxylic acids is 1. The van der Waals surface area contributed by atoms with Crippen LogP contribution in [0.15, 0.2) is 15.4 Å². The van der Waals surface area contributed by atoms with Gasteiger partial charge in [-0.15, -0.1) is 16.5 Å². The summed E-state index contributed by atoms with van der Waals surface area (Å²) in [5.41, 5.74) is -0.541. The molecule has 1 N–H and O–H groups in total. The molecule has 0 amide bonds. The smallest absolute Gasteiger partial charge is 0.319 e. The molecule has 7 heteroatoms. The van der Waals surface area contributed by atoms with Crippen molar-refractivity contribution in [3.63, 3.8) is 0 Å². The van der Waals surface area contributed by atoms with Crippen LogP contribution in [0.4, 0.5) is 0 Å². The molecule has 1 aromatic heterocycles. The molecule has 0 saturated heterocycles. The molecule has 94 valence electrons. The number of carboxylic acids is 1. The van der Waals surface area contributed by atoms with Crippen molar-refractivity contribution in [1.29, 1.82) is 0 Å². The van der Waals surface area contributed by atoms with E-state index in [2.05, 4.69) is 0 Å². The van der Waals surface area contributed by atoms with Crippen molar-refractivity contribution >= 4 is 23.6 Å². The monoisotopic (exact) mass is 259 g/mol. The van der Waals surface area contributed by atoms with Gasteiger partial charge in [-0.05, 0) is 20.8 Å². The fourth-order valence-electron chi connectivity index (χ4n) is 0.984. The van der Waals surface area contributed by atoms with Crippen LogP contribution in [0.2, 0.25) is 0 Å². The van der Waals surface area contributed by atoms with Gasteiger partial charge in [0.2, 0.25) is 0 Å². The number of aromatic nitrogens is 1. The van der Waals surface area contributed by atoms with E-state index in [1.54, 1.807) is 6.92 Å². The first-order valence-corrected chi connectivity index (χ1v) is 5.83. The molecule has 0 aliphatic heterocycles. The average molecular weight is 259 g/mol. The van der Waals surface area contributed by atoms with Crippen molar-refractivity contribution in [3.05, 3.63) is 22.2 Å². The van der Waals surface area contributed by atoms with Crippen molar-refractivity contribution in [3.8, 4) is 0 Å². The van der Waals surface area contributed by atoms with Crippen LogP contribution < -0.4 is 5.56 Å². The summed E-state index contributed by atoms with van der Waals surface area (Å²) < 4.78 is 4.45. The number of hydrogen-bond donors (Lipinski definition) is 1. The summed E-state index contributed by atoms with van der Waals surface area (Å²) in [4.78, 5) is 33.7. The maximum absolute atomic E-state index is 11.6. The summed E-state index contributed by atoms with van der Waals surface area (Å²) in [5.74, 6) is -1.38. The largest absolute Gasteiger partial charge is 0.480 e. The summed E-state index contributed by atoms with van der Waals surface area (Å²) in [7, 11) is 0. The van der Waals surface area contributed by atoms with Crippen molar-refractivity contribution in [1.82, 2.24) is 4.74 Å². The van der Waals surface area contributed by atoms with Crippen LogP contribution in [0.5, 0.6) is 0 Å². The Bertz CT molecular complexity index is 499. The second-order valence-electron chi connectivity index (χ2n) is 3.98. The molecule has 1 rings (SSSR count). The zero-order valence-electron chi connectivity index (χ0n) is 9.72. The van der Waals surface area contributed by atoms with Crippen LogP contribution >= 0.6 is 11.8 Å². The first-order chi connectivity index (χ1) is 7.74. The number of rotatable bonds is 4. The first-order valence-electron chi connectivity index (χ1n) is 4.84. The highest BCUT2D eigenvalue weighted by atomic mass is 32.2. The number of aliphatic carboxylic acids is 1. The van der Waals surface area contributed by atoms with Gasteiger partial charge in [0.15, 0.2) is 0 Å². The molecule has 0 aliphatic rings. The third-order valence-corrected chi connectivity index (χ3v) is 3.35. The standard InChI is InChI=1S/C10H13NO5S/c1-6-4-7(12)11(16-6)8(13)5-17-10(2,3)9(14)15/h4H,5H2,1-3H3,(H,14,15). The lowest BCUT2D eigenvalue weighted by atomic mass is 10.2. The van der Waals surface area contributed by atoms with Crippen molar-refractivity contribution in [2.24, 2.45) is 0 Å².